The van der Waals surface area contributed by atoms with Crippen molar-refractivity contribution in [3.05, 3.63) is 33.8 Å². The van der Waals surface area contributed by atoms with Crippen molar-refractivity contribution >= 4 is 23.2 Å². The van der Waals surface area contributed by atoms with E-state index in [2.05, 4.69) is 30.3 Å². The monoisotopic (exact) mass is 300 g/mol. The minimum atomic E-state index is 0.444. The van der Waals surface area contributed by atoms with Crippen LogP contribution in [0.1, 0.15) is 31.4 Å². The van der Waals surface area contributed by atoms with E-state index in [1.54, 1.807) is 0 Å². The molecule has 1 aliphatic rings. The maximum Gasteiger partial charge on any atom is 0.0595 e. The third kappa shape index (κ3) is 3.63. The molecule has 0 bridgehead atoms. The van der Waals surface area contributed by atoms with Crippen molar-refractivity contribution in [2.75, 3.05) is 26.7 Å². The number of rotatable bonds is 5. The Labute approximate surface area is 126 Å². The highest BCUT2D eigenvalue weighted by atomic mass is 35.5. The molecule has 0 amide bonds. The molecule has 0 aliphatic carbocycles. The van der Waals surface area contributed by atoms with Gasteiger partial charge in [0.1, 0.15) is 0 Å². The van der Waals surface area contributed by atoms with Crippen LogP contribution in [0, 0.1) is 5.92 Å². The summed E-state index contributed by atoms with van der Waals surface area (Å²) < 4.78 is 0. The predicted molar refractivity (Wildman–Crippen MR) is 83.1 cm³/mol. The predicted octanol–water partition coefficient (Wildman–Crippen LogP) is 3.99. The lowest BCUT2D eigenvalue weighted by atomic mass is 9.93. The van der Waals surface area contributed by atoms with Gasteiger partial charge in [0.15, 0.2) is 0 Å². The summed E-state index contributed by atoms with van der Waals surface area (Å²) in [5.41, 5.74) is 1.28. The number of hydrogen-bond donors (Lipinski definition) is 1. The summed E-state index contributed by atoms with van der Waals surface area (Å²) in [6.07, 6.45) is 2.41. The van der Waals surface area contributed by atoms with E-state index in [1.165, 1.54) is 18.4 Å². The third-order valence-electron chi connectivity index (χ3n) is 3.89. The fourth-order valence-corrected chi connectivity index (χ4v) is 3.23. The highest BCUT2D eigenvalue weighted by Gasteiger charge is 2.32. The van der Waals surface area contributed by atoms with Crippen molar-refractivity contribution in [2.24, 2.45) is 5.92 Å². The molecule has 1 aromatic rings. The Hall–Kier alpha value is -0.280. The van der Waals surface area contributed by atoms with Gasteiger partial charge in [-0.05, 0) is 63.1 Å². The largest absolute Gasteiger partial charge is 0.316 e. The minimum Gasteiger partial charge on any atom is -0.316 e. The lowest BCUT2D eigenvalue weighted by Gasteiger charge is -2.26. The van der Waals surface area contributed by atoms with Gasteiger partial charge >= 0.3 is 0 Å². The van der Waals surface area contributed by atoms with Crippen molar-refractivity contribution < 1.29 is 0 Å². The van der Waals surface area contributed by atoms with E-state index in [1.807, 2.05) is 12.1 Å². The summed E-state index contributed by atoms with van der Waals surface area (Å²) in [6.45, 7) is 5.50. The van der Waals surface area contributed by atoms with Crippen molar-refractivity contribution in [3.8, 4) is 0 Å². The molecule has 2 unspecified atom stereocenters. The van der Waals surface area contributed by atoms with Gasteiger partial charge in [0.25, 0.3) is 0 Å². The molecule has 0 saturated carbocycles. The Morgan fingerprint density at radius 1 is 1.32 bits per heavy atom. The zero-order valence-corrected chi connectivity index (χ0v) is 13.1. The van der Waals surface area contributed by atoms with E-state index >= 15 is 0 Å². The molecular weight excluding hydrogens is 279 g/mol. The smallest absolute Gasteiger partial charge is 0.0595 e. The Morgan fingerprint density at radius 2 is 2.11 bits per heavy atom. The molecule has 4 heteroatoms. The number of benzene rings is 1. The number of likely N-dealkylation sites (tertiary alicyclic amines) is 1. The van der Waals surface area contributed by atoms with Crippen LogP contribution in [0.25, 0.3) is 0 Å². The van der Waals surface area contributed by atoms with Gasteiger partial charge in [-0.1, -0.05) is 36.2 Å². The van der Waals surface area contributed by atoms with Crippen LogP contribution in [0.15, 0.2) is 18.2 Å². The molecule has 1 aromatic carbocycles. The van der Waals surface area contributed by atoms with Crippen molar-refractivity contribution in [1.29, 1.82) is 0 Å². The van der Waals surface area contributed by atoms with Crippen molar-refractivity contribution in [3.63, 3.8) is 0 Å². The van der Waals surface area contributed by atoms with Gasteiger partial charge in [-0.2, -0.15) is 0 Å². The van der Waals surface area contributed by atoms with Crippen LogP contribution in [0.3, 0.4) is 0 Å². The highest BCUT2D eigenvalue weighted by molar-refractivity contribution is 6.42. The Morgan fingerprint density at radius 3 is 2.79 bits per heavy atom. The van der Waals surface area contributed by atoms with E-state index in [0.29, 0.717) is 22.0 Å². The summed E-state index contributed by atoms with van der Waals surface area (Å²) >= 11 is 12.2. The van der Waals surface area contributed by atoms with E-state index in [9.17, 15) is 0 Å². The van der Waals surface area contributed by atoms with Crippen LogP contribution in [0.5, 0.6) is 0 Å². The number of hydrogen-bond acceptors (Lipinski definition) is 2. The molecule has 2 nitrogen and oxygen atoms in total. The van der Waals surface area contributed by atoms with Gasteiger partial charge in [-0.25, -0.2) is 0 Å². The Bertz CT molecular complexity index is 423. The molecule has 0 aromatic heterocycles. The van der Waals surface area contributed by atoms with E-state index in [4.69, 9.17) is 23.2 Å². The molecule has 2 atom stereocenters. The zero-order chi connectivity index (χ0) is 13.8. The average Bonchev–Trinajstić information content (AvgIpc) is 2.75. The Balaban J connectivity index is 2.11. The minimum absolute atomic E-state index is 0.444. The molecule has 1 saturated heterocycles. The molecule has 0 radical (unpaired) electrons. The first kappa shape index (κ1) is 15.1. The highest BCUT2D eigenvalue weighted by Crippen LogP contribution is 2.37. The standard InChI is InChI=1S/C15H22Cl2N2/c1-3-7-18-10-12-6-8-19(2)15(12)11-4-5-13(16)14(17)9-11/h4-5,9,12,15,18H,3,6-8,10H2,1-2H3. The van der Waals surface area contributed by atoms with Gasteiger partial charge in [0.05, 0.1) is 10.0 Å². The number of nitrogens with zero attached hydrogens (tertiary/aromatic N) is 1. The molecular formula is C15H22Cl2N2. The number of nitrogens with one attached hydrogen (secondary N) is 1. The second-order valence-corrected chi connectivity index (χ2v) is 6.17. The quantitative estimate of drug-likeness (QED) is 0.827. The van der Waals surface area contributed by atoms with E-state index in [0.717, 1.165) is 19.6 Å². The van der Waals surface area contributed by atoms with E-state index < -0.39 is 0 Å². The van der Waals surface area contributed by atoms with Crippen molar-refractivity contribution in [2.45, 2.75) is 25.8 Å². The fourth-order valence-electron chi connectivity index (χ4n) is 2.93. The van der Waals surface area contributed by atoms with Crippen LogP contribution in [0.2, 0.25) is 10.0 Å². The van der Waals surface area contributed by atoms with Crippen LogP contribution < -0.4 is 5.32 Å². The molecule has 0 spiro atoms. The van der Waals surface area contributed by atoms with E-state index in [-0.39, 0.29) is 0 Å². The first-order valence-corrected chi connectivity index (χ1v) is 7.75. The summed E-state index contributed by atoms with van der Waals surface area (Å²) in [7, 11) is 2.19. The second-order valence-electron chi connectivity index (χ2n) is 5.35. The molecule has 1 aliphatic heterocycles. The summed E-state index contributed by atoms with van der Waals surface area (Å²) in [6, 6.07) is 6.47. The van der Waals surface area contributed by atoms with Gasteiger partial charge < -0.3 is 5.32 Å². The second kappa shape index (κ2) is 6.94. The lowest BCUT2D eigenvalue weighted by Crippen LogP contribution is -2.28. The van der Waals surface area contributed by atoms with Crippen LogP contribution >= 0.6 is 23.2 Å². The number of halogens is 2. The third-order valence-corrected chi connectivity index (χ3v) is 4.63. The summed E-state index contributed by atoms with van der Waals surface area (Å²) in [5, 5.41) is 4.82. The SMILES string of the molecule is CCCNCC1CCN(C)C1c1ccc(Cl)c(Cl)c1. The maximum atomic E-state index is 6.15. The molecule has 1 fully saturated rings. The lowest BCUT2D eigenvalue weighted by molar-refractivity contribution is 0.272. The molecule has 1 N–H and O–H groups in total. The molecule has 19 heavy (non-hydrogen) atoms. The van der Waals surface area contributed by atoms with Crippen LogP contribution in [-0.2, 0) is 0 Å². The van der Waals surface area contributed by atoms with Gasteiger partial charge in [-0.15, -0.1) is 0 Å². The first-order chi connectivity index (χ1) is 9.13. The fraction of sp³-hybridized carbons (Fsp3) is 0.600. The van der Waals surface area contributed by atoms with Gasteiger partial charge in [0, 0.05) is 6.04 Å². The maximum absolute atomic E-state index is 6.15. The topological polar surface area (TPSA) is 15.3 Å². The normalized spacial score (nSPS) is 24.0. The Kier molecular flexibility index (Phi) is 5.52. The van der Waals surface area contributed by atoms with Crippen molar-refractivity contribution in [1.82, 2.24) is 10.2 Å². The van der Waals surface area contributed by atoms with Crippen LogP contribution in [-0.4, -0.2) is 31.6 Å². The van der Waals surface area contributed by atoms with Gasteiger partial charge in [0.2, 0.25) is 0 Å². The van der Waals surface area contributed by atoms with Gasteiger partial charge in [-0.3, -0.25) is 4.90 Å². The van der Waals surface area contributed by atoms with Crippen LogP contribution in [0.4, 0.5) is 0 Å². The zero-order valence-electron chi connectivity index (χ0n) is 11.6. The average molecular weight is 301 g/mol. The summed E-state index contributed by atoms with van der Waals surface area (Å²) in [4.78, 5) is 2.41. The molecule has 2 rings (SSSR count). The molecule has 1 heterocycles. The first-order valence-electron chi connectivity index (χ1n) is 6.99. The molecule has 106 valence electrons. The summed E-state index contributed by atoms with van der Waals surface area (Å²) in [5.74, 6) is 0.647.